The molecule has 3 N–H and O–H groups in total. The molecule has 0 bridgehead atoms. The Balaban J connectivity index is 1.21. The molecule has 3 amide bonds. The van der Waals surface area contributed by atoms with Crippen LogP contribution in [0, 0.1) is 0 Å². The van der Waals surface area contributed by atoms with Gasteiger partial charge in [0.25, 0.3) is 11.8 Å². The zero-order valence-electron chi connectivity index (χ0n) is 27.3. The highest BCUT2D eigenvalue weighted by molar-refractivity contribution is 8.00. The number of nitrogens with one attached hydrogen (secondary N) is 3. The average Bonchev–Trinajstić information content (AvgIpc) is 3.63. The van der Waals surface area contributed by atoms with E-state index in [1.54, 1.807) is 97.1 Å². The van der Waals surface area contributed by atoms with Gasteiger partial charge in [0.1, 0.15) is 22.5 Å². The molecule has 1 heterocycles. The van der Waals surface area contributed by atoms with Crippen molar-refractivity contribution in [3.63, 3.8) is 0 Å². The maximum Gasteiger partial charge on any atom is 0.418 e. The van der Waals surface area contributed by atoms with Crippen LogP contribution in [0.3, 0.4) is 0 Å². The first-order valence-corrected chi connectivity index (χ1v) is 16.9. The van der Waals surface area contributed by atoms with Crippen molar-refractivity contribution in [3.8, 4) is 11.3 Å². The van der Waals surface area contributed by atoms with Gasteiger partial charge in [0.2, 0.25) is 5.91 Å². The molecule has 0 aliphatic carbocycles. The number of hydrogen-bond acceptors (Lipinski definition) is 5. The molecular weight excluding hydrogens is 688 g/mol. The molecule has 11 heteroatoms. The highest BCUT2D eigenvalue weighted by Crippen LogP contribution is 2.39. The summed E-state index contributed by atoms with van der Waals surface area (Å²) in [6.07, 6.45) is -3.21. The number of para-hydroxylation sites is 1. The summed E-state index contributed by atoms with van der Waals surface area (Å²) in [6, 6.07) is 41.5. The van der Waals surface area contributed by atoms with Crippen molar-refractivity contribution >= 4 is 46.9 Å². The Kier molecular flexibility index (Phi) is 11.0. The summed E-state index contributed by atoms with van der Waals surface area (Å²) < 4.78 is 46.9. The van der Waals surface area contributed by atoms with Crippen molar-refractivity contribution in [1.29, 1.82) is 0 Å². The van der Waals surface area contributed by atoms with Crippen LogP contribution in [0.4, 0.5) is 24.5 Å². The third kappa shape index (κ3) is 9.06. The fourth-order valence-corrected chi connectivity index (χ4v) is 6.19. The van der Waals surface area contributed by atoms with Crippen molar-refractivity contribution in [2.45, 2.75) is 16.3 Å². The molecule has 1 aromatic heterocycles. The van der Waals surface area contributed by atoms with Crippen molar-refractivity contribution in [3.05, 3.63) is 180 Å². The molecular formula is C41H30F3N3O4S. The van der Waals surface area contributed by atoms with Gasteiger partial charge in [-0.15, -0.1) is 11.8 Å². The summed E-state index contributed by atoms with van der Waals surface area (Å²) >= 11 is 1.14. The maximum absolute atomic E-state index is 13.6. The van der Waals surface area contributed by atoms with Crippen LogP contribution >= 0.6 is 11.8 Å². The van der Waals surface area contributed by atoms with Gasteiger partial charge in [-0.2, -0.15) is 13.2 Å². The maximum atomic E-state index is 13.6. The number of furan rings is 1. The summed E-state index contributed by atoms with van der Waals surface area (Å²) in [5, 5.41) is 7.03. The molecule has 0 aliphatic heterocycles. The molecule has 6 aromatic rings. The Morgan fingerprint density at radius 3 is 1.96 bits per heavy atom. The molecule has 1 atom stereocenters. The van der Waals surface area contributed by atoms with E-state index in [0.29, 0.717) is 33.2 Å². The van der Waals surface area contributed by atoms with Gasteiger partial charge in [-0.05, 0) is 66.2 Å². The van der Waals surface area contributed by atoms with Crippen molar-refractivity contribution in [1.82, 2.24) is 5.32 Å². The predicted molar refractivity (Wildman–Crippen MR) is 196 cm³/mol. The summed E-state index contributed by atoms with van der Waals surface area (Å²) in [5.41, 5.74) is 0.818. The molecule has 0 spiro atoms. The fourth-order valence-electron chi connectivity index (χ4n) is 5.16. The van der Waals surface area contributed by atoms with Gasteiger partial charge in [0.05, 0.1) is 11.3 Å². The number of carbonyl (C=O) groups excluding carboxylic acids is 3. The van der Waals surface area contributed by atoms with Crippen LogP contribution in [0.5, 0.6) is 0 Å². The number of amides is 3. The molecule has 7 nitrogen and oxygen atoms in total. The summed E-state index contributed by atoms with van der Waals surface area (Å²) in [6.45, 7) is 0. The van der Waals surface area contributed by atoms with Gasteiger partial charge >= 0.3 is 6.18 Å². The number of carbonyl (C=O) groups is 3. The minimum atomic E-state index is -4.65. The lowest BCUT2D eigenvalue weighted by atomic mass is 10.1. The van der Waals surface area contributed by atoms with Crippen LogP contribution in [0.15, 0.2) is 167 Å². The number of rotatable bonds is 11. The first-order chi connectivity index (χ1) is 25.1. The number of hydrogen-bond donors (Lipinski definition) is 3. The molecule has 52 heavy (non-hydrogen) atoms. The molecule has 5 aromatic carbocycles. The van der Waals surface area contributed by atoms with Gasteiger partial charge in [-0.25, -0.2) is 0 Å². The van der Waals surface area contributed by atoms with Gasteiger partial charge in [0.15, 0.2) is 0 Å². The zero-order chi connectivity index (χ0) is 36.5. The van der Waals surface area contributed by atoms with Gasteiger partial charge < -0.3 is 20.4 Å². The highest BCUT2D eigenvalue weighted by Gasteiger charge is 2.34. The Bertz CT molecular complexity index is 2190. The molecule has 0 aliphatic rings. The normalized spacial score (nSPS) is 12.1. The van der Waals surface area contributed by atoms with Crippen molar-refractivity contribution in [2.24, 2.45) is 0 Å². The number of alkyl halides is 3. The van der Waals surface area contributed by atoms with E-state index < -0.39 is 34.7 Å². The standard InChI is InChI=1S/C41H30F3N3O4S/c42-41(43,44)33-18-10-11-19-34(33)46-40(50)37(28-14-6-2-7-15-28)52-32-23-20-30(21-24-32)45-39(49)35(47-38(48)29-16-8-3-9-17-29)26-31-22-25-36(51-31)27-12-4-1-5-13-27/h1-26,37H,(H,45,49)(H,46,50)(H,47,48)/b35-26+/t37-/m1/s1. The van der Waals surface area contributed by atoms with Crippen LogP contribution in [0.1, 0.15) is 32.5 Å². The second kappa shape index (κ2) is 16.1. The Labute approximate surface area is 301 Å². The number of anilines is 2. The van der Waals surface area contributed by atoms with Gasteiger partial charge in [0, 0.05) is 27.8 Å². The summed E-state index contributed by atoms with van der Waals surface area (Å²) in [7, 11) is 0. The quantitative estimate of drug-likeness (QED) is 0.0916. The smallest absolute Gasteiger partial charge is 0.418 e. The molecule has 0 saturated heterocycles. The highest BCUT2D eigenvalue weighted by atomic mass is 32.2. The summed E-state index contributed by atoms with van der Waals surface area (Å²) in [4.78, 5) is 40.8. The second-order valence-electron chi connectivity index (χ2n) is 11.4. The van der Waals surface area contributed by atoms with E-state index in [2.05, 4.69) is 16.0 Å². The van der Waals surface area contributed by atoms with E-state index in [9.17, 15) is 27.6 Å². The predicted octanol–water partition coefficient (Wildman–Crippen LogP) is 9.85. The van der Waals surface area contributed by atoms with E-state index in [4.69, 9.17) is 4.42 Å². The van der Waals surface area contributed by atoms with E-state index in [1.165, 1.54) is 24.3 Å². The van der Waals surface area contributed by atoms with Crippen LogP contribution < -0.4 is 16.0 Å². The first-order valence-electron chi connectivity index (χ1n) is 16.0. The largest absolute Gasteiger partial charge is 0.457 e. The molecule has 0 radical (unpaired) electrons. The van der Waals surface area contributed by atoms with Gasteiger partial charge in [-0.3, -0.25) is 14.4 Å². The van der Waals surface area contributed by atoms with Crippen LogP contribution in [0.2, 0.25) is 0 Å². The third-order valence-electron chi connectivity index (χ3n) is 7.70. The Morgan fingerprint density at radius 1 is 0.673 bits per heavy atom. The molecule has 260 valence electrons. The minimum absolute atomic E-state index is 0.0683. The lowest BCUT2D eigenvalue weighted by molar-refractivity contribution is -0.137. The monoisotopic (exact) mass is 717 g/mol. The van der Waals surface area contributed by atoms with Crippen molar-refractivity contribution in [2.75, 3.05) is 10.6 Å². The van der Waals surface area contributed by atoms with Gasteiger partial charge in [-0.1, -0.05) is 91.0 Å². The minimum Gasteiger partial charge on any atom is -0.457 e. The Hall–Kier alpha value is -6.33. The number of benzene rings is 5. The van der Waals surface area contributed by atoms with E-state index in [1.807, 2.05) is 30.3 Å². The second-order valence-corrected chi connectivity index (χ2v) is 12.5. The molecule has 0 unspecified atom stereocenters. The third-order valence-corrected chi connectivity index (χ3v) is 8.96. The fraction of sp³-hybridized carbons (Fsp3) is 0.0488. The first kappa shape index (κ1) is 35.5. The van der Waals surface area contributed by atoms with Crippen LogP contribution in [-0.4, -0.2) is 17.7 Å². The SMILES string of the molecule is O=C(Nc1ccc(S[C@@H](C(=O)Nc2ccccc2C(F)(F)F)c2ccccc2)cc1)/C(=C\c1ccc(-c2ccccc2)o1)NC(=O)c1ccccc1. The number of thioether (sulfide) groups is 1. The molecule has 0 fully saturated rings. The van der Waals surface area contributed by atoms with E-state index >= 15 is 0 Å². The lowest BCUT2D eigenvalue weighted by Gasteiger charge is -2.19. The lowest BCUT2D eigenvalue weighted by Crippen LogP contribution is -2.30. The average molecular weight is 718 g/mol. The topological polar surface area (TPSA) is 100 Å². The van der Waals surface area contributed by atoms with Crippen molar-refractivity contribution < 1.29 is 32.0 Å². The number of halogens is 3. The van der Waals surface area contributed by atoms with E-state index in [-0.39, 0.29) is 11.4 Å². The molecule has 6 rings (SSSR count). The zero-order valence-corrected chi connectivity index (χ0v) is 28.1. The molecule has 0 saturated carbocycles. The summed E-state index contributed by atoms with van der Waals surface area (Å²) in [5.74, 6) is -0.824. The van der Waals surface area contributed by atoms with Crippen LogP contribution in [0.25, 0.3) is 17.4 Å². The van der Waals surface area contributed by atoms with Crippen LogP contribution in [-0.2, 0) is 15.8 Å². The van der Waals surface area contributed by atoms with E-state index in [0.717, 1.165) is 23.4 Å². The Morgan fingerprint density at radius 2 is 1.29 bits per heavy atom.